The van der Waals surface area contributed by atoms with Crippen LogP contribution in [0.4, 0.5) is 11.4 Å². The molecule has 0 saturated heterocycles. The van der Waals surface area contributed by atoms with Crippen LogP contribution in [-0.2, 0) is 10.0 Å². The predicted molar refractivity (Wildman–Crippen MR) is 84.0 cm³/mol. The third-order valence-electron chi connectivity index (χ3n) is 2.78. The second kappa shape index (κ2) is 7.21. The van der Waals surface area contributed by atoms with E-state index in [1.807, 2.05) is 12.2 Å². The normalized spacial score (nSPS) is 12.6. The lowest BCUT2D eigenvalue weighted by molar-refractivity contribution is 0.589. The zero-order valence-corrected chi connectivity index (χ0v) is 12.9. The Labute approximate surface area is 120 Å². The van der Waals surface area contributed by atoms with E-state index >= 15 is 0 Å². The molecule has 0 atom stereocenters. The highest BCUT2D eigenvalue weighted by molar-refractivity contribution is 7.89. The maximum atomic E-state index is 12.0. The summed E-state index contributed by atoms with van der Waals surface area (Å²) in [5.41, 5.74) is 7.12. The first-order valence-corrected chi connectivity index (χ1v) is 7.94. The summed E-state index contributed by atoms with van der Waals surface area (Å²) in [6.07, 6.45) is 7.40. The number of hydrogen-bond donors (Lipinski definition) is 2. The van der Waals surface area contributed by atoms with E-state index in [1.54, 1.807) is 25.3 Å². The van der Waals surface area contributed by atoms with Crippen molar-refractivity contribution in [2.45, 2.75) is 31.6 Å². The van der Waals surface area contributed by atoms with Crippen LogP contribution in [0.25, 0.3) is 0 Å². The number of aliphatic imine (C=N–C) groups is 1. The fourth-order valence-electron chi connectivity index (χ4n) is 1.67. The van der Waals surface area contributed by atoms with Gasteiger partial charge in [0.2, 0.25) is 10.0 Å². The zero-order valence-electron chi connectivity index (χ0n) is 12.1. The maximum Gasteiger partial charge on any atom is 0.244 e. The highest BCUT2D eigenvalue weighted by Gasteiger charge is 2.21. The van der Waals surface area contributed by atoms with E-state index in [0.29, 0.717) is 5.69 Å². The monoisotopic (exact) mass is 295 g/mol. The Hall–Kier alpha value is -1.66. The molecule has 0 amide bonds. The number of unbranched alkanes of at least 4 members (excludes halogenated alkanes) is 1. The van der Waals surface area contributed by atoms with E-state index in [0.717, 1.165) is 18.4 Å². The smallest absolute Gasteiger partial charge is 0.244 e. The van der Waals surface area contributed by atoms with Gasteiger partial charge in [-0.15, -0.1) is 0 Å². The average molecular weight is 295 g/mol. The third-order valence-corrected chi connectivity index (χ3v) is 4.29. The van der Waals surface area contributed by atoms with Crippen LogP contribution in [0, 0.1) is 6.92 Å². The number of anilines is 1. The molecule has 110 valence electrons. The number of nitrogens with two attached hydrogens (primary N) is 1. The fourth-order valence-corrected chi connectivity index (χ4v) is 2.72. The molecule has 0 fully saturated rings. The minimum absolute atomic E-state index is 0.0279. The molecule has 0 aromatic heterocycles. The van der Waals surface area contributed by atoms with Crippen LogP contribution in [0.2, 0.25) is 0 Å². The van der Waals surface area contributed by atoms with Gasteiger partial charge in [-0.25, -0.2) is 13.1 Å². The molecule has 1 rings (SSSR count). The second-order valence-corrected chi connectivity index (χ2v) is 6.18. The van der Waals surface area contributed by atoms with Gasteiger partial charge in [0, 0.05) is 6.21 Å². The van der Waals surface area contributed by atoms with Gasteiger partial charge < -0.3 is 5.73 Å². The summed E-state index contributed by atoms with van der Waals surface area (Å²) in [6, 6.07) is 3.33. The number of hydrogen-bond acceptors (Lipinski definition) is 4. The van der Waals surface area contributed by atoms with Gasteiger partial charge >= 0.3 is 0 Å². The molecule has 0 radical (unpaired) electrons. The highest BCUT2D eigenvalue weighted by Crippen LogP contribution is 2.32. The molecule has 5 nitrogen and oxygen atoms in total. The van der Waals surface area contributed by atoms with Crippen molar-refractivity contribution in [2.75, 3.05) is 12.8 Å². The zero-order chi connectivity index (χ0) is 15.2. The quantitative estimate of drug-likeness (QED) is 0.625. The van der Waals surface area contributed by atoms with E-state index in [-0.39, 0.29) is 10.6 Å². The van der Waals surface area contributed by atoms with Crippen molar-refractivity contribution in [3.63, 3.8) is 0 Å². The van der Waals surface area contributed by atoms with Crippen molar-refractivity contribution in [1.82, 2.24) is 4.72 Å². The van der Waals surface area contributed by atoms with E-state index in [2.05, 4.69) is 16.6 Å². The topological polar surface area (TPSA) is 84.5 Å². The predicted octanol–water partition coefficient (Wildman–Crippen LogP) is 2.54. The summed E-state index contributed by atoms with van der Waals surface area (Å²) in [5.74, 6) is 0. The number of nitrogens with one attached hydrogen (secondary N) is 1. The van der Waals surface area contributed by atoms with Crippen LogP contribution in [0.1, 0.15) is 25.3 Å². The van der Waals surface area contributed by atoms with Gasteiger partial charge in [-0.3, -0.25) is 4.99 Å². The van der Waals surface area contributed by atoms with Crippen LogP contribution in [-0.4, -0.2) is 21.7 Å². The molecule has 0 heterocycles. The Morgan fingerprint density at radius 2 is 2.10 bits per heavy atom. The Bertz CT molecular complexity index is 620. The lowest BCUT2D eigenvalue weighted by atomic mass is 10.2. The molecule has 0 aliphatic carbocycles. The summed E-state index contributed by atoms with van der Waals surface area (Å²) < 4.78 is 26.4. The largest absolute Gasteiger partial charge is 0.398 e. The Kier molecular flexibility index (Phi) is 5.91. The standard InChI is InChI=1S/C14H21N3O2S/c1-4-5-6-7-10-17-13-11(2)8-9-12(15)14(13)20(18,19)16-3/h6-10,16H,4-5,15H2,1-3H3/b7-6+,17-10?. The molecular formula is C14H21N3O2S. The van der Waals surface area contributed by atoms with Gasteiger partial charge in [-0.1, -0.05) is 25.5 Å². The van der Waals surface area contributed by atoms with Crippen molar-refractivity contribution in [1.29, 1.82) is 0 Å². The Balaban J connectivity index is 3.28. The molecule has 0 bridgehead atoms. The molecular weight excluding hydrogens is 274 g/mol. The number of allylic oxidation sites excluding steroid dienone is 2. The van der Waals surface area contributed by atoms with E-state index in [9.17, 15) is 8.42 Å². The van der Waals surface area contributed by atoms with Gasteiger partial charge in [-0.2, -0.15) is 0 Å². The molecule has 1 aromatic carbocycles. The minimum Gasteiger partial charge on any atom is -0.398 e. The third kappa shape index (κ3) is 3.91. The molecule has 0 unspecified atom stereocenters. The first kappa shape index (κ1) is 16.4. The Morgan fingerprint density at radius 1 is 1.40 bits per heavy atom. The summed E-state index contributed by atoms with van der Waals surface area (Å²) in [5, 5.41) is 0. The highest BCUT2D eigenvalue weighted by atomic mass is 32.2. The van der Waals surface area contributed by atoms with Crippen LogP contribution in [0.3, 0.4) is 0 Å². The average Bonchev–Trinajstić information content (AvgIpc) is 2.42. The molecule has 0 aliphatic rings. The number of nitrogens with zero attached hydrogens (tertiary/aromatic N) is 1. The maximum absolute atomic E-state index is 12.0. The van der Waals surface area contributed by atoms with E-state index < -0.39 is 10.0 Å². The van der Waals surface area contributed by atoms with E-state index in [1.165, 1.54) is 7.05 Å². The fraction of sp³-hybridized carbons (Fsp3) is 0.357. The second-order valence-electron chi connectivity index (χ2n) is 4.35. The van der Waals surface area contributed by atoms with Crippen molar-refractivity contribution < 1.29 is 8.42 Å². The van der Waals surface area contributed by atoms with Crippen molar-refractivity contribution in [3.05, 3.63) is 29.8 Å². The van der Waals surface area contributed by atoms with Gasteiger partial charge in [0.05, 0.1) is 11.4 Å². The SMILES string of the molecule is CCC/C=C/C=Nc1c(C)ccc(N)c1S(=O)(=O)NC. The molecule has 6 heteroatoms. The van der Waals surface area contributed by atoms with Crippen molar-refractivity contribution in [3.8, 4) is 0 Å². The van der Waals surface area contributed by atoms with Crippen LogP contribution in [0.5, 0.6) is 0 Å². The molecule has 0 spiro atoms. The number of sulfonamides is 1. The van der Waals surface area contributed by atoms with Gasteiger partial charge in [0.25, 0.3) is 0 Å². The van der Waals surface area contributed by atoms with Crippen LogP contribution in [0.15, 0.2) is 34.2 Å². The molecule has 3 N–H and O–H groups in total. The summed E-state index contributed by atoms with van der Waals surface area (Å²) in [6.45, 7) is 3.89. The number of benzene rings is 1. The molecule has 1 aromatic rings. The van der Waals surface area contributed by atoms with Crippen molar-refractivity contribution in [2.24, 2.45) is 4.99 Å². The lowest BCUT2D eigenvalue weighted by Gasteiger charge is -2.11. The van der Waals surface area contributed by atoms with Gasteiger partial charge in [0.1, 0.15) is 4.90 Å². The molecule has 0 aliphatic heterocycles. The van der Waals surface area contributed by atoms with Crippen molar-refractivity contribution >= 4 is 27.6 Å². The number of rotatable bonds is 6. The number of nitrogen functional groups attached to an aromatic ring is 1. The number of aryl methyl sites for hydroxylation is 1. The van der Waals surface area contributed by atoms with Crippen LogP contribution < -0.4 is 10.5 Å². The van der Waals surface area contributed by atoms with Gasteiger partial charge in [-0.05, 0) is 38.1 Å². The lowest BCUT2D eigenvalue weighted by Crippen LogP contribution is -2.20. The summed E-state index contributed by atoms with van der Waals surface area (Å²) in [7, 11) is -2.29. The Morgan fingerprint density at radius 3 is 2.70 bits per heavy atom. The first-order valence-electron chi connectivity index (χ1n) is 6.45. The summed E-state index contributed by atoms with van der Waals surface area (Å²) in [4.78, 5) is 4.27. The summed E-state index contributed by atoms with van der Waals surface area (Å²) >= 11 is 0. The van der Waals surface area contributed by atoms with Crippen LogP contribution >= 0.6 is 0 Å². The molecule has 0 saturated carbocycles. The van der Waals surface area contributed by atoms with E-state index in [4.69, 9.17) is 5.73 Å². The first-order chi connectivity index (χ1) is 9.44. The van der Waals surface area contributed by atoms with Gasteiger partial charge in [0.15, 0.2) is 0 Å². The minimum atomic E-state index is -3.64. The molecule has 20 heavy (non-hydrogen) atoms.